The minimum absolute atomic E-state index is 0.283. The van der Waals surface area contributed by atoms with Crippen molar-refractivity contribution in [3.8, 4) is 0 Å². The van der Waals surface area contributed by atoms with Crippen molar-refractivity contribution in [3.63, 3.8) is 0 Å². The maximum absolute atomic E-state index is 13.6. The highest BCUT2D eigenvalue weighted by Gasteiger charge is 2.44. The van der Waals surface area contributed by atoms with Crippen molar-refractivity contribution in [2.75, 3.05) is 19.6 Å². The molecule has 2 rings (SSSR count). The van der Waals surface area contributed by atoms with Gasteiger partial charge in [-0.05, 0) is 50.4 Å². The summed E-state index contributed by atoms with van der Waals surface area (Å²) in [5.41, 5.74) is 0.432. The summed E-state index contributed by atoms with van der Waals surface area (Å²) in [7, 11) is 0. The molecule has 22 heavy (non-hydrogen) atoms. The summed E-state index contributed by atoms with van der Waals surface area (Å²) in [5, 5.41) is 9.63. The van der Waals surface area contributed by atoms with Crippen molar-refractivity contribution in [1.82, 2.24) is 4.90 Å². The summed E-state index contributed by atoms with van der Waals surface area (Å²) in [6, 6.07) is 4.49. The van der Waals surface area contributed by atoms with E-state index in [-0.39, 0.29) is 18.7 Å². The molecule has 0 spiro atoms. The van der Waals surface area contributed by atoms with Gasteiger partial charge in [-0.25, -0.2) is 4.39 Å². The Hall–Kier alpha value is -0.850. The average molecular weight is 340 g/mol. The van der Waals surface area contributed by atoms with Crippen molar-refractivity contribution in [2.45, 2.75) is 31.5 Å². The molecule has 0 aromatic heterocycles. The van der Waals surface area contributed by atoms with Gasteiger partial charge in [-0.2, -0.15) is 13.2 Å². The Kier molecular flexibility index (Phi) is 5.69. The molecule has 1 unspecified atom stereocenters. The zero-order valence-electron chi connectivity index (χ0n) is 11.9. The molecule has 1 aliphatic rings. The van der Waals surface area contributed by atoms with Gasteiger partial charge in [0.2, 0.25) is 0 Å². The van der Waals surface area contributed by atoms with Crippen LogP contribution in [0.25, 0.3) is 0 Å². The van der Waals surface area contributed by atoms with Crippen LogP contribution >= 0.6 is 11.6 Å². The predicted molar refractivity (Wildman–Crippen MR) is 76.3 cm³/mol. The van der Waals surface area contributed by atoms with E-state index >= 15 is 0 Å². The molecule has 0 saturated carbocycles. The summed E-state index contributed by atoms with van der Waals surface area (Å²) >= 11 is 5.95. The first-order chi connectivity index (χ1) is 10.3. The summed E-state index contributed by atoms with van der Waals surface area (Å²) in [4.78, 5) is 1.97. The van der Waals surface area contributed by atoms with Gasteiger partial charge in [-0.15, -0.1) is 0 Å². The van der Waals surface area contributed by atoms with Crippen LogP contribution < -0.4 is 0 Å². The Morgan fingerprint density at radius 3 is 2.45 bits per heavy atom. The number of alkyl halides is 3. The normalized spacial score (nSPS) is 19.4. The van der Waals surface area contributed by atoms with E-state index in [1.165, 1.54) is 12.1 Å². The molecule has 1 aliphatic heterocycles. The fraction of sp³-hybridized carbons (Fsp3) is 0.600. The van der Waals surface area contributed by atoms with Crippen LogP contribution in [0.2, 0.25) is 5.02 Å². The number of benzene rings is 1. The Balaban J connectivity index is 1.83. The van der Waals surface area contributed by atoms with Crippen molar-refractivity contribution in [3.05, 3.63) is 34.6 Å². The first kappa shape index (κ1) is 17.5. The fourth-order valence-corrected chi connectivity index (χ4v) is 3.06. The third-order valence-electron chi connectivity index (χ3n) is 4.15. The van der Waals surface area contributed by atoms with Crippen molar-refractivity contribution < 1.29 is 22.7 Å². The number of piperidine rings is 1. The van der Waals surface area contributed by atoms with Crippen LogP contribution in [0.1, 0.15) is 18.4 Å². The van der Waals surface area contributed by atoms with E-state index in [1.807, 2.05) is 4.90 Å². The van der Waals surface area contributed by atoms with Crippen LogP contribution in [0.4, 0.5) is 17.6 Å². The Bertz CT molecular complexity index is 481. The zero-order valence-corrected chi connectivity index (χ0v) is 12.7. The standard InChI is InChI=1S/C15H18ClF4NO/c16-12-2-1-3-13(17)11(12)6-9-21-7-4-10(5-8-21)14(22)15(18,19)20/h1-3,10,14,22H,4-9H2. The van der Waals surface area contributed by atoms with Gasteiger partial charge in [0.05, 0.1) is 0 Å². The van der Waals surface area contributed by atoms with Crippen LogP contribution in [0.3, 0.4) is 0 Å². The van der Waals surface area contributed by atoms with Gasteiger partial charge in [0.25, 0.3) is 0 Å². The largest absolute Gasteiger partial charge is 0.414 e. The lowest BCUT2D eigenvalue weighted by molar-refractivity contribution is -0.223. The highest BCUT2D eigenvalue weighted by Crippen LogP contribution is 2.31. The molecule has 1 atom stereocenters. The number of rotatable bonds is 4. The van der Waals surface area contributed by atoms with E-state index in [1.54, 1.807) is 6.07 Å². The number of hydrogen-bond donors (Lipinski definition) is 1. The fourth-order valence-electron chi connectivity index (χ4n) is 2.80. The minimum atomic E-state index is -4.56. The molecule has 1 N–H and O–H groups in total. The predicted octanol–water partition coefficient (Wildman–Crippen LogP) is 3.66. The lowest BCUT2D eigenvalue weighted by Gasteiger charge is -2.34. The molecule has 1 aromatic rings. The third-order valence-corrected chi connectivity index (χ3v) is 4.51. The molecule has 0 bridgehead atoms. The van der Waals surface area contributed by atoms with E-state index in [2.05, 4.69) is 0 Å². The van der Waals surface area contributed by atoms with Crippen LogP contribution in [0, 0.1) is 11.7 Å². The summed E-state index contributed by atoms with van der Waals surface area (Å²) < 4.78 is 51.1. The molecule has 7 heteroatoms. The highest BCUT2D eigenvalue weighted by atomic mass is 35.5. The van der Waals surface area contributed by atoms with Crippen LogP contribution in [0.15, 0.2) is 18.2 Å². The molecule has 1 heterocycles. The number of aliphatic hydroxyl groups is 1. The van der Waals surface area contributed by atoms with Gasteiger partial charge in [0.1, 0.15) is 5.82 Å². The van der Waals surface area contributed by atoms with E-state index < -0.39 is 18.2 Å². The molecule has 124 valence electrons. The SMILES string of the molecule is OC(C1CCN(CCc2c(F)cccc2Cl)CC1)C(F)(F)F. The molecule has 1 aromatic carbocycles. The first-order valence-corrected chi connectivity index (χ1v) is 7.57. The molecular formula is C15H18ClF4NO. The van der Waals surface area contributed by atoms with E-state index in [9.17, 15) is 22.7 Å². The summed E-state index contributed by atoms with van der Waals surface area (Å²) in [5.74, 6) is -1.12. The van der Waals surface area contributed by atoms with Crippen LogP contribution in [-0.4, -0.2) is 41.9 Å². The van der Waals surface area contributed by atoms with E-state index in [0.29, 0.717) is 36.6 Å². The summed E-state index contributed by atoms with van der Waals surface area (Å²) in [6.45, 7) is 1.46. The second-order valence-corrected chi connectivity index (χ2v) is 6.02. The molecule has 0 radical (unpaired) electrons. The van der Waals surface area contributed by atoms with Crippen LogP contribution in [0.5, 0.6) is 0 Å². The Morgan fingerprint density at radius 1 is 1.27 bits per heavy atom. The van der Waals surface area contributed by atoms with Crippen molar-refractivity contribution >= 4 is 11.6 Å². The number of nitrogens with zero attached hydrogens (tertiary/aromatic N) is 1. The molecule has 1 saturated heterocycles. The Labute approximate surface area is 131 Å². The topological polar surface area (TPSA) is 23.5 Å². The smallest absolute Gasteiger partial charge is 0.383 e. The van der Waals surface area contributed by atoms with Crippen molar-refractivity contribution in [1.29, 1.82) is 0 Å². The lowest BCUT2D eigenvalue weighted by atomic mass is 9.90. The minimum Gasteiger partial charge on any atom is -0.383 e. The van der Waals surface area contributed by atoms with E-state index in [4.69, 9.17) is 11.6 Å². The van der Waals surface area contributed by atoms with Gasteiger partial charge in [-0.3, -0.25) is 0 Å². The maximum Gasteiger partial charge on any atom is 0.414 e. The number of aliphatic hydroxyl groups excluding tert-OH is 1. The quantitative estimate of drug-likeness (QED) is 0.846. The second kappa shape index (κ2) is 7.15. The maximum atomic E-state index is 13.6. The number of halogens is 5. The lowest BCUT2D eigenvalue weighted by Crippen LogP contribution is -2.43. The van der Waals surface area contributed by atoms with Gasteiger partial charge in [-0.1, -0.05) is 17.7 Å². The number of likely N-dealkylation sites (tertiary alicyclic amines) is 1. The van der Waals surface area contributed by atoms with Gasteiger partial charge in [0, 0.05) is 17.1 Å². The highest BCUT2D eigenvalue weighted by molar-refractivity contribution is 6.31. The monoisotopic (exact) mass is 339 g/mol. The third kappa shape index (κ3) is 4.33. The van der Waals surface area contributed by atoms with E-state index in [0.717, 1.165) is 0 Å². The molecule has 1 fully saturated rings. The Morgan fingerprint density at radius 2 is 1.91 bits per heavy atom. The summed E-state index contributed by atoms with van der Waals surface area (Å²) in [6.07, 6.45) is -5.83. The van der Waals surface area contributed by atoms with Gasteiger partial charge in [0.15, 0.2) is 6.10 Å². The number of hydrogen-bond acceptors (Lipinski definition) is 2. The van der Waals surface area contributed by atoms with Crippen LogP contribution in [-0.2, 0) is 6.42 Å². The van der Waals surface area contributed by atoms with Gasteiger partial charge < -0.3 is 10.0 Å². The van der Waals surface area contributed by atoms with Gasteiger partial charge >= 0.3 is 6.18 Å². The average Bonchev–Trinajstić information content (AvgIpc) is 2.46. The molecule has 2 nitrogen and oxygen atoms in total. The molecular weight excluding hydrogens is 322 g/mol. The molecule has 0 aliphatic carbocycles. The first-order valence-electron chi connectivity index (χ1n) is 7.19. The van der Waals surface area contributed by atoms with Crippen molar-refractivity contribution in [2.24, 2.45) is 5.92 Å². The molecule has 0 amide bonds. The second-order valence-electron chi connectivity index (χ2n) is 5.62. The zero-order chi connectivity index (χ0) is 16.3.